The molecule has 0 saturated carbocycles. The van der Waals surface area contributed by atoms with E-state index in [1.807, 2.05) is 0 Å². The molecule has 0 rings (SSSR count). The lowest BCUT2D eigenvalue weighted by molar-refractivity contribution is -0.167. The number of allylic oxidation sites excluding steroid dienone is 10. The second-order valence-electron chi connectivity index (χ2n) is 23.8. The first-order valence-electron chi connectivity index (χ1n) is 35.3. The molecule has 0 aliphatic heterocycles. The molecule has 6 heteroatoms. The molecule has 0 saturated heterocycles. The standard InChI is InChI=1S/C74H134O6/c1-4-7-10-13-16-19-22-24-26-28-30-32-34-35-36-37-38-39-41-42-44-46-48-50-52-55-58-61-64-67-73(76)79-70-71(69-78-72(75)66-63-60-57-54-21-18-15-12-9-6-3)80-74(77)68-65-62-59-56-53-51-49-47-45-43-40-33-31-29-27-25-23-20-17-14-11-8-5-2/h7,10,16,19,24,26,30,32,35-36,71H,4-6,8-9,11-15,17-18,20-23,25,27-29,31,33-34,37-70H2,1-3H3/b10-7-,19-16-,26-24-,32-30-,36-35-. The van der Waals surface area contributed by atoms with E-state index in [-0.39, 0.29) is 31.1 Å². The molecule has 466 valence electrons. The van der Waals surface area contributed by atoms with E-state index < -0.39 is 6.10 Å². The number of unbranched alkanes of at least 4 members (excludes halogenated alkanes) is 44. The Morgan fingerprint density at radius 1 is 0.263 bits per heavy atom. The highest BCUT2D eigenvalue weighted by Crippen LogP contribution is 2.18. The van der Waals surface area contributed by atoms with Crippen LogP contribution < -0.4 is 0 Å². The monoisotopic (exact) mass is 1120 g/mol. The highest BCUT2D eigenvalue weighted by molar-refractivity contribution is 5.71. The van der Waals surface area contributed by atoms with Crippen molar-refractivity contribution in [2.24, 2.45) is 0 Å². The average molecular weight is 1120 g/mol. The SMILES string of the molecule is CC/C=C\C/C=C\C/C=C\C/C=C\C/C=C\CCCCCCCCCCCCCCCC(=O)OCC(COC(=O)CCCCCCCCCCCC)OC(=O)CCCCCCCCCCCCCCCCCCCCCCCCC. The van der Waals surface area contributed by atoms with Crippen LogP contribution in [0.2, 0.25) is 0 Å². The fourth-order valence-electron chi connectivity index (χ4n) is 10.5. The van der Waals surface area contributed by atoms with E-state index in [2.05, 4.69) is 81.5 Å². The molecule has 0 aliphatic carbocycles. The van der Waals surface area contributed by atoms with Crippen molar-refractivity contribution < 1.29 is 28.6 Å². The van der Waals surface area contributed by atoms with E-state index in [1.54, 1.807) is 0 Å². The van der Waals surface area contributed by atoms with Crippen molar-refractivity contribution in [3.63, 3.8) is 0 Å². The van der Waals surface area contributed by atoms with Gasteiger partial charge in [-0.1, -0.05) is 351 Å². The summed E-state index contributed by atoms with van der Waals surface area (Å²) in [6.45, 7) is 6.58. The lowest BCUT2D eigenvalue weighted by atomic mass is 10.0. The van der Waals surface area contributed by atoms with E-state index in [4.69, 9.17) is 14.2 Å². The van der Waals surface area contributed by atoms with E-state index >= 15 is 0 Å². The fourth-order valence-corrected chi connectivity index (χ4v) is 10.5. The average Bonchev–Trinajstić information content (AvgIpc) is 3.46. The molecule has 0 N–H and O–H groups in total. The molecule has 0 aromatic carbocycles. The highest BCUT2D eigenvalue weighted by Gasteiger charge is 2.19. The van der Waals surface area contributed by atoms with Crippen molar-refractivity contribution in [1.29, 1.82) is 0 Å². The van der Waals surface area contributed by atoms with Crippen molar-refractivity contribution in [3.05, 3.63) is 60.8 Å². The molecule has 1 atom stereocenters. The Bertz CT molecular complexity index is 1430. The molecule has 1 unspecified atom stereocenters. The number of esters is 3. The van der Waals surface area contributed by atoms with Crippen LogP contribution in [-0.2, 0) is 28.6 Å². The first-order chi connectivity index (χ1) is 39.5. The van der Waals surface area contributed by atoms with Gasteiger partial charge < -0.3 is 14.2 Å². The van der Waals surface area contributed by atoms with Crippen LogP contribution in [0.4, 0.5) is 0 Å². The van der Waals surface area contributed by atoms with Crippen molar-refractivity contribution in [3.8, 4) is 0 Å². The topological polar surface area (TPSA) is 78.9 Å². The fraction of sp³-hybridized carbons (Fsp3) is 0.824. The van der Waals surface area contributed by atoms with Crippen LogP contribution in [0.1, 0.15) is 374 Å². The van der Waals surface area contributed by atoms with Gasteiger partial charge in [-0.15, -0.1) is 0 Å². The van der Waals surface area contributed by atoms with Gasteiger partial charge >= 0.3 is 17.9 Å². The Morgan fingerprint density at radius 2 is 0.487 bits per heavy atom. The number of carbonyl (C=O) groups is 3. The minimum Gasteiger partial charge on any atom is -0.462 e. The summed E-state index contributed by atoms with van der Waals surface area (Å²) in [5.41, 5.74) is 0. The van der Waals surface area contributed by atoms with E-state index in [0.717, 1.165) is 89.9 Å². The van der Waals surface area contributed by atoms with Gasteiger partial charge in [0.25, 0.3) is 0 Å². The summed E-state index contributed by atoms with van der Waals surface area (Å²) in [6.07, 6.45) is 88.3. The minimum absolute atomic E-state index is 0.0680. The van der Waals surface area contributed by atoms with E-state index in [1.165, 1.54) is 244 Å². The summed E-state index contributed by atoms with van der Waals surface area (Å²) >= 11 is 0. The molecular weight excluding hydrogens is 985 g/mol. The summed E-state index contributed by atoms with van der Waals surface area (Å²) < 4.78 is 17.0. The van der Waals surface area contributed by atoms with Crippen LogP contribution in [0.5, 0.6) is 0 Å². The normalized spacial score (nSPS) is 12.4. The van der Waals surface area contributed by atoms with E-state index in [9.17, 15) is 14.4 Å². The number of ether oxygens (including phenoxy) is 3. The molecule has 0 aromatic rings. The molecule has 6 nitrogen and oxygen atoms in total. The van der Waals surface area contributed by atoms with Crippen molar-refractivity contribution in [2.75, 3.05) is 13.2 Å². The van der Waals surface area contributed by atoms with Gasteiger partial charge in [0, 0.05) is 19.3 Å². The van der Waals surface area contributed by atoms with Gasteiger partial charge in [-0.05, 0) is 64.2 Å². The maximum Gasteiger partial charge on any atom is 0.306 e. The van der Waals surface area contributed by atoms with Crippen LogP contribution in [-0.4, -0.2) is 37.2 Å². The summed E-state index contributed by atoms with van der Waals surface area (Å²) in [7, 11) is 0. The number of carbonyl (C=O) groups excluding carboxylic acids is 3. The molecular formula is C74H134O6. The Labute approximate surface area is 498 Å². The maximum atomic E-state index is 12.9. The van der Waals surface area contributed by atoms with Crippen molar-refractivity contribution in [2.45, 2.75) is 380 Å². The van der Waals surface area contributed by atoms with Gasteiger partial charge in [0.05, 0.1) is 0 Å². The molecule has 0 aliphatic rings. The minimum atomic E-state index is -0.771. The predicted molar refractivity (Wildman–Crippen MR) is 348 cm³/mol. The molecule has 80 heavy (non-hydrogen) atoms. The van der Waals surface area contributed by atoms with Gasteiger partial charge in [-0.2, -0.15) is 0 Å². The zero-order valence-electron chi connectivity index (χ0n) is 53.6. The maximum absolute atomic E-state index is 12.9. The van der Waals surface area contributed by atoms with Crippen LogP contribution in [0.3, 0.4) is 0 Å². The van der Waals surface area contributed by atoms with Crippen LogP contribution in [0.15, 0.2) is 60.8 Å². The third kappa shape index (κ3) is 65.9. The van der Waals surface area contributed by atoms with Gasteiger partial charge in [0.15, 0.2) is 6.10 Å². The Hall–Kier alpha value is -2.89. The highest BCUT2D eigenvalue weighted by atomic mass is 16.6. The van der Waals surface area contributed by atoms with Gasteiger partial charge in [-0.25, -0.2) is 0 Å². The Morgan fingerprint density at radius 3 is 0.762 bits per heavy atom. The lowest BCUT2D eigenvalue weighted by Gasteiger charge is -2.18. The number of rotatable bonds is 65. The third-order valence-electron chi connectivity index (χ3n) is 15.8. The predicted octanol–water partition coefficient (Wildman–Crippen LogP) is 24.3. The number of hydrogen-bond acceptors (Lipinski definition) is 6. The summed E-state index contributed by atoms with van der Waals surface area (Å²) in [5.74, 6) is -0.845. The molecule has 0 spiro atoms. The largest absolute Gasteiger partial charge is 0.462 e. The zero-order valence-corrected chi connectivity index (χ0v) is 53.6. The molecule has 0 bridgehead atoms. The van der Waals surface area contributed by atoms with Crippen LogP contribution in [0, 0.1) is 0 Å². The summed E-state index contributed by atoms with van der Waals surface area (Å²) in [5, 5.41) is 0. The van der Waals surface area contributed by atoms with Gasteiger partial charge in [-0.3, -0.25) is 14.4 Å². The van der Waals surface area contributed by atoms with Gasteiger partial charge in [0.1, 0.15) is 13.2 Å². The van der Waals surface area contributed by atoms with Gasteiger partial charge in [0.2, 0.25) is 0 Å². The lowest BCUT2D eigenvalue weighted by Crippen LogP contribution is -2.30. The van der Waals surface area contributed by atoms with Crippen LogP contribution in [0.25, 0.3) is 0 Å². The summed E-state index contributed by atoms with van der Waals surface area (Å²) in [6, 6.07) is 0. The summed E-state index contributed by atoms with van der Waals surface area (Å²) in [4.78, 5) is 38.3. The second-order valence-corrected chi connectivity index (χ2v) is 23.8. The quantitative estimate of drug-likeness (QED) is 0.0261. The first-order valence-corrected chi connectivity index (χ1v) is 35.3. The molecule has 0 radical (unpaired) electrons. The van der Waals surface area contributed by atoms with Crippen molar-refractivity contribution in [1.82, 2.24) is 0 Å². The molecule has 0 heterocycles. The van der Waals surface area contributed by atoms with Crippen LogP contribution >= 0.6 is 0 Å². The second kappa shape index (κ2) is 68.6. The zero-order chi connectivity index (χ0) is 57.8. The van der Waals surface area contributed by atoms with E-state index in [0.29, 0.717) is 19.3 Å². The molecule has 0 fully saturated rings. The molecule has 0 aromatic heterocycles. The molecule has 0 amide bonds. The Balaban J connectivity index is 4.15. The first kappa shape index (κ1) is 77.1. The third-order valence-corrected chi connectivity index (χ3v) is 15.8. The Kier molecular flexibility index (Phi) is 66.1. The van der Waals surface area contributed by atoms with Crippen molar-refractivity contribution >= 4 is 17.9 Å². The smallest absolute Gasteiger partial charge is 0.306 e. The number of hydrogen-bond donors (Lipinski definition) is 0.